The maximum Gasteiger partial charge on any atom is 0.160 e. The van der Waals surface area contributed by atoms with Crippen LogP contribution in [0.3, 0.4) is 0 Å². The van der Waals surface area contributed by atoms with Crippen LogP contribution in [0.4, 0.5) is 0 Å². The maximum absolute atomic E-state index is 5.11. The fourth-order valence-electron chi connectivity index (χ4n) is 7.20. The molecule has 10 aromatic rings. The van der Waals surface area contributed by atoms with Crippen LogP contribution in [0, 0.1) is 0 Å². The number of rotatable bonds is 4. The van der Waals surface area contributed by atoms with E-state index in [9.17, 15) is 0 Å². The Balaban J connectivity index is 1.08. The molecule has 228 valence electrons. The van der Waals surface area contributed by atoms with Crippen molar-refractivity contribution in [2.75, 3.05) is 0 Å². The molecule has 0 unspecified atom stereocenters. The van der Waals surface area contributed by atoms with Crippen LogP contribution in [0.15, 0.2) is 170 Å². The molecule has 0 N–H and O–H groups in total. The Morgan fingerprint density at radius 1 is 0.327 bits per heavy atom. The molecule has 49 heavy (non-hydrogen) atoms. The van der Waals surface area contributed by atoms with Gasteiger partial charge in [0.25, 0.3) is 0 Å². The van der Waals surface area contributed by atoms with Crippen LogP contribution in [-0.2, 0) is 0 Å². The third-order valence-electron chi connectivity index (χ3n) is 9.67. The molecule has 0 spiro atoms. The smallest absolute Gasteiger partial charge is 0.160 e. The number of nitrogens with zero attached hydrogens (tertiary/aromatic N) is 2. The number of thiophene rings is 1. The van der Waals surface area contributed by atoms with Gasteiger partial charge in [0, 0.05) is 36.9 Å². The van der Waals surface area contributed by atoms with Crippen LogP contribution in [0.1, 0.15) is 0 Å². The second kappa shape index (κ2) is 11.2. The highest BCUT2D eigenvalue weighted by atomic mass is 32.1. The van der Waals surface area contributed by atoms with Gasteiger partial charge in [0.1, 0.15) is 0 Å². The van der Waals surface area contributed by atoms with E-state index >= 15 is 0 Å². The van der Waals surface area contributed by atoms with Crippen LogP contribution >= 0.6 is 11.3 Å². The summed E-state index contributed by atoms with van der Waals surface area (Å²) >= 11 is 1.83. The van der Waals surface area contributed by atoms with E-state index in [4.69, 9.17) is 9.97 Å². The van der Waals surface area contributed by atoms with Gasteiger partial charge < -0.3 is 0 Å². The van der Waals surface area contributed by atoms with E-state index in [1.165, 1.54) is 63.6 Å². The molecule has 0 fully saturated rings. The van der Waals surface area contributed by atoms with E-state index in [2.05, 4.69) is 152 Å². The minimum absolute atomic E-state index is 0.723. The lowest BCUT2D eigenvalue weighted by molar-refractivity contribution is 1.18. The lowest BCUT2D eigenvalue weighted by atomic mass is 9.93. The van der Waals surface area contributed by atoms with Crippen molar-refractivity contribution in [2.24, 2.45) is 0 Å². The Labute approximate surface area is 287 Å². The van der Waals surface area contributed by atoms with Crippen LogP contribution in [0.5, 0.6) is 0 Å². The first-order valence-electron chi connectivity index (χ1n) is 16.6. The summed E-state index contributed by atoms with van der Waals surface area (Å²) in [7, 11) is 0. The third kappa shape index (κ3) is 4.78. The zero-order chi connectivity index (χ0) is 32.3. The molecule has 3 heteroatoms. The summed E-state index contributed by atoms with van der Waals surface area (Å²) in [5.41, 5.74) is 7.37. The first-order valence-corrected chi connectivity index (χ1v) is 17.4. The summed E-state index contributed by atoms with van der Waals surface area (Å²) in [5, 5.41) is 10.2. The molecule has 2 heterocycles. The summed E-state index contributed by atoms with van der Waals surface area (Å²) in [6.07, 6.45) is 0. The molecule has 2 aromatic heterocycles. The second-order valence-electron chi connectivity index (χ2n) is 12.6. The van der Waals surface area contributed by atoms with Crippen molar-refractivity contribution in [3.05, 3.63) is 170 Å². The predicted octanol–water partition coefficient (Wildman–Crippen LogP) is 13.0. The Bertz CT molecular complexity index is 2870. The van der Waals surface area contributed by atoms with E-state index in [0.29, 0.717) is 0 Å². The standard InChI is InChI=1S/C46H28N2S/c1-2-9-31(10-3-1)46-47-42(28-43(48-46)35-22-24-45-41(27-35)39-13-6-7-16-44(39)49-45)30-19-17-29(18-20-30)36-14-8-15-37-38(36)23-21-34-25-32-11-4-5-12-33(32)26-40(34)37/h1-28H. The highest BCUT2D eigenvalue weighted by Crippen LogP contribution is 2.38. The van der Waals surface area contributed by atoms with Gasteiger partial charge in [0.05, 0.1) is 11.4 Å². The number of hydrogen-bond acceptors (Lipinski definition) is 3. The zero-order valence-electron chi connectivity index (χ0n) is 26.5. The van der Waals surface area contributed by atoms with Crippen molar-refractivity contribution in [3.8, 4) is 45.0 Å². The van der Waals surface area contributed by atoms with E-state index in [1.807, 2.05) is 29.5 Å². The monoisotopic (exact) mass is 640 g/mol. The molecule has 8 aromatic carbocycles. The summed E-state index contributed by atoms with van der Waals surface area (Å²) in [6.45, 7) is 0. The van der Waals surface area contributed by atoms with Crippen LogP contribution in [-0.4, -0.2) is 9.97 Å². The topological polar surface area (TPSA) is 25.8 Å². The molecule has 0 saturated heterocycles. The summed E-state index contributed by atoms with van der Waals surface area (Å²) in [6, 6.07) is 61.0. The predicted molar refractivity (Wildman–Crippen MR) is 209 cm³/mol. The van der Waals surface area contributed by atoms with Crippen molar-refractivity contribution in [3.63, 3.8) is 0 Å². The SMILES string of the molecule is c1ccc(-c2nc(-c3ccc(-c4cccc5c4ccc4cc6ccccc6cc45)cc3)cc(-c3ccc4sc5ccccc5c4c3)n2)cc1. The minimum atomic E-state index is 0.723. The Morgan fingerprint density at radius 3 is 1.86 bits per heavy atom. The molecular formula is C46H28N2S. The largest absolute Gasteiger partial charge is 0.228 e. The molecule has 2 nitrogen and oxygen atoms in total. The lowest BCUT2D eigenvalue weighted by Gasteiger charge is -2.12. The van der Waals surface area contributed by atoms with Gasteiger partial charge in [-0.25, -0.2) is 9.97 Å². The molecule has 0 aliphatic heterocycles. The van der Waals surface area contributed by atoms with Gasteiger partial charge in [-0.15, -0.1) is 11.3 Å². The molecule has 0 aliphatic carbocycles. The third-order valence-corrected chi connectivity index (χ3v) is 10.8. The second-order valence-corrected chi connectivity index (χ2v) is 13.7. The van der Waals surface area contributed by atoms with E-state index in [1.54, 1.807) is 0 Å². The van der Waals surface area contributed by atoms with Crippen LogP contribution in [0.25, 0.3) is 97.5 Å². The Morgan fingerprint density at radius 2 is 1.00 bits per heavy atom. The van der Waals surface area contributed by atoms with Crippen molar-refractivity contribution < 1.29 is 0 Å². The van der Waals surface area contributed by atoms with Gasteiger partial charge in [0.2, 0.25) is 0 Å². The van der Waals surface area contributed by atoms with E-state index < -0.39 is 0 Å². The average Bonchev–Trinajstić information content (AvgIpc) is 3.55. The molecular weight excluding hydrogens is 613 g/mol. The molecule has 10 rings (SSSR count). The molecule has 0 amide bonds. The Kier molecular flexibility index (Phi) is 6.39. The van der Waals surface area contributed by atoms with Crippen molar-refractivity contribution in [1.29, 1.82) is 0 Å². The minimum Gasteiger partial charge on any atom is -0.228 e. The first kappa shape index (κ1) is 27.9. The van der Waals surface area contributed by atoms with Gasteiger partial charge in [-0.2, -0.15) is 0 Å². The summed E-state index contributed by atoms with van der Waals surface area (Å²) in [5.74, 6) is 0.723. The molecule has 0 atom stereocenters. The van der Waals surface area contributed by atoms with Gasteiger partial charge in [-0.1, -0.05) is 133 Å². The fourth-order valence-corrected chi connectivity index (χ4v) is 8.29. The normalized spacial score (nSPS) is 11.7. The lowest BCUT2D eigenvalue weighted by Crippen LogP contribution is -1.96. The zero-order valence-corrected chi connectivity index (χ0v) is 27.3. The van der Waals surface area contributed by atoms with E-state index in [0.717, 1.165) is 33.9 Å². The van der Waals surface area contributed by atoms with Crippen LogP contribution in [0.2, 0.25) is 0 Å². The van der Waals surface area contributed by atoms with Crippen LogP contribution < -0.4 is 0 Å². The molecule has 0 bridgehead atoms. The maximum atomic E-state index is 5.11. The quantitative estimate of drug-likeness (QED) is 0.141. The summed E-state index contributed by atoms with van der Waals surface area (Å²) < 4.78 is 2.59. The van der Waals surface area contributed by atoms with E-state index in [-0.39, 0.29) is 0 Å². The van der Waals surface area contributed by atoms with Crippen molar-refractivity contribution in [2.45, 2.75) is 0 Å². The number of benzene rings is 8. The highest BCUT2D eigenvalue weighted by molar-refractivity contribution is 7.25. The van der Waals surface area contributed by atoms with Gasteiger partial charge >= 0.3 is 0 Å². The number of fused-ring (bicyclic) bond motifs is 7. The van der Waals surface area contributed by atoms with Gasteiger partial charge in [-0.05, 0) is 79.8 Å². The summed E-state index contributed by atoms with van der Waals surface area (Å²) in [4.78, 5) is 10.2. The van der Waals surface area contributed by atoms with Crippen molar-refractivity contribution >= 4 is 63.8 Å². The Hall–Kier alpha value is -6.16. The average molecular weight is 641 g/mol. The van der Waals surface area contributed by atoms with Gasteiger partial charge in [-0.3, -0.25) is 0 Å². The van der Waals surface area contributed by atoms with Crippen molar-refractivity contribution in [1.82, 2.24) is 9.97 Å². The molecule has 0 saturated carbocycles. The molecule has 0 aliphatic rings. The van der Waals surface area contributed by atoms with Gasteiger partial charge in [0.15, 0.2) is 5.82 Å². The number of hydrogen-bond donors (Lipinski definition) is 0. The number of aromatic nitrogens is 2. The fraction of sp³-hybridized carbons (Fsp3) is 0. The molecule has 0 radical (unpaired) electrons. The first-order chi connectivity index (χ1) is 24.2. The highest BCUT2D eigenvalue weighted by Gasteiger charge is 2.14.